The van der Waals surface area contributed by atoms with Crippen molar-refractivity contribution in [2.75, 3.05) is 26.9 Å². The number of carbonyl (C=O) groups excluding carboxylic acids is 2. The summed E-state index contributed by atoms with van der Waals surface area (Å²) in [7, 11) is 1.58. The van der Waals surface area contributed by atoms with Crippen molar-refractivity contribution in [3.8, 4) is 5.75 Å². The van der Waals surface area contributed by atoms with Gasteiger partial charge in [-0.15, -0.1) is 0 Å². The second-order valence-electron chi connectivity index (χ2n) is 6.97. The number of aromatic nitrogens is 1. The number of ketones is 1. The summed E-state index contributed by atoms with van der Waals surface area (Å²) in [5.74, 6) is -1.02. The molecule has 1 N–H and O–H groups in total. The van der Waals surface area contributed by atoms with Crippen molar-refractivity contribution < 1.29 is 24.2 Å². The van der Waals surface area contributed by atoms with E-state index in [0.29, 0.717) is 43.2 Å². The van der Waals surface area contributed by atoms with Crippen molar-refractivity contribution in [1.82, 2.24) is 9.88 Å². The van der Waals surface area contributed by atoms with Gasteiger partial charge in [0.2, 0.25) is 0 Å². The number of likely N-dealkylation sites (tertiary alicyclic amines) is 1. The summed E-state index contributed by atoms with van der Waals surface area (Å²) in [5.41, 5.74) is 0.970. The molecule has 7 heteroatoms. The first kappa shape index (κ1) is 21.5. The molecule has 0 saturated carbocycles. The van der Waals surface area contributed by atoms with E-state index < -0.39 is 17.7 Å². The van der Waals surface area contributed by atoms with Gasteiger partial charge in [0.1, 0.15) is 17.6 Å². The molecule has 1 aliphatic rings. The lowest BCUT2D eigenvalue weighted by molar-refractivity contribution is -0.140. The van der Waals surface area contributed by atoms with E-state index in [9.17, 15) is 14.7 Å². The summed E-state index contributed by atoms with van der Waals surface area (Å²) in [4.78, 5) is 31.5. The predicted molar refractivity (Wildman–Crippen MR) is 112 cm³/mol. The summed E-state index contributed by atoms with van der Waals surface area (Å²) in [6, 6.07) is 11.4. The van der Waals surface area contributed by atoms with Crippen molar-refractivity contribution in [2.24, 2.45) is 0 Å². The summed E-state index contributed by atoms with van der Waals surface area (Å²) in [6.07, 6.45) is 3.01. The van der Waals surface area contributed by atoms with Crippen LogP contribution in [0.5, 0.6) is 5.75 Å². The molecule has 30 heavy (non-hydrogen) atoms. The fourth-order valence-electron chi connectivity index (χ4n) is 3.44. The van der Waals surface area contributed by atoms with Gasteiger partial charge in [0, 0.05) is 32.0 Å². The smallest absolute Gasteiger partial charge is 0.295 e. The Hall–Kier alpha value is -3.19. The molecular formula is C23H26N2O5. The fraction of sp³-hybridized carbons (Fsp3) is 0.348. The van der Waals surface area contributed by atoms with E-state index in [2.05, 4.69) is 4.98 Å². The Bertz CT molecular complexity index is 926. The quantitative estimate of drug-likeness (QED) is 0.295. The third kappa shape index (κ3) is 4.52. The van der Waals surface area contributed by atoms with Crippen molar-refractivity contribution in [3.05, 3.63) is 65.5 Å². The minimum Gasteiger partial charge on any atom is -0.507 e. The Kier molecular flexibility index (Phi) is 7.19. The topological polar surface area (TPSA) is 89.0 Å². The summed E-state index contributed by atoms with van der Waals surface area (Å²) >= 11 is 0. The molecule has 1 amide bonds. The van der Waals surface area contributed by atoms with Gasteiger partial charge >= 0.3 is 0 Å². The summed E-state index contributed by atoms with van der Waals surface area (Å²) < 4.78 is 10.7. The van der Waals surface area contributed by atoms with Crippen LogP contribution in [0.2, 0.25) is 0 Å². The Morgan fingerprint density at radius 1 is 1.17 bits per heavy atom. The number of amides is 1. The highest BCUT2D eigenvalue weighted by atomic mass is 16.5. The molecule has 2 heterocycles. The number of Topliss-reactive ketones (excluding diaryl/α,β-unsaturated/α-hetero) is 1. The Balaban J connectivity index is 2.05. The van der Waals surface area contributed by atoms with Crippen LogP contribution in [0, 0.1) is 0 Å². The molecule has 1 saturated heterocycles. The second-order valence-corrected chi connectivity index (χ2v) is 6.97. The third-order valence-electron chi connectivity index (χ3n) is 4.84. The maximum atomic E-state index is 12.9. The number of aliphatic hydroxyl groups excluding tert-OH is 1. The molecular weight excluding hydrogens is 384 g/mol. The van der Waals surface area contributed by atoms with E-state index in [1.165, 1.54) is 4.90 Å². The van der Waals surface area contributed by atoms with Gasteiger partial charge in [-0.05, 0) is 37.1 Å². The van der Waals surface area contributed by atoms with Gasteiger partial charge in [-0.2, -0.15) is 0 Å². The number of rotatable bonds is 9. The second kappa shape index (κ2) is 10.0. The van der Waals surface area contributed by atoms with E-state index in [1.807, 2.05) is 6.92 Å². The molecule has 7 nitrogen and oxygen atoms in total. The van der Waals surface area contributed by atoms with Gasteiger partial charge in [0.25, 0.3) is 11.7 Å². The van der Waals surface area contributed by atoms with Gasteiger partial charge in [0.15, 0.2) is 0 Å². The minimum atomic E-state index is -0.761. The molecule has 0 bridgehead atoms. The molecule has 158 valence electrons. The zero-order valence-electron chi connectivity index (χ0n) is 17.2. The molecule has 0 spiro atoms. The van der Waals surface area contributed by atoms with E-state index in [0.717, 1.165) is 6.42 Å². The van der Waals surface area contributed by atoms with Crippen LogP contribution < -0.4 is 4.74 Å². The van der Waals surface area contributed by atoms with Crippen LogP contribution >= 0.6 is 0 Å². The zero-order valence-corrected chi connectivity index (χ0v) is 17.2. The predicted octanol–water partition coefficient (Wildman–Crippen LogP) is 3.33. The average molecular weight is 410 g/mol. The molecule has 2 aromatic rings. The largest absolute Gasteiger partial charge is 0.507 e. The minimum absolute atomic E-state index is 0.0313. The lowest BCUT2D eigenvalue weighted by Crippen LogP contribution is -2.31. The van der Waals surface area contributed by atoms with Crippen molar-refractivity contribution in [3.63, 3.8) is 0 Å². The average Bonchev–Trinajstić information content (AvgIpc) is 3.03. The molecule has 1 aromatic carbocycles. The van der Waals surface area contributed by atoms with Crippen LogP contribution in [0.4, 0.5) is 0 Å². The molecule has 0 radical (unpaired) electrons. The van der Waals surface area contributed by atoms with Crippen LogP contribution in [-0.2, 0) is 14.3 Å². The first-order valence-corrected chi connectivity index (χ1v) is 10.00. The maximum Gasteiger partial charge on any atom is 0.295 e. The SMILES string of the molecule is CCCOc1cccc(/C(O)=C2/C(=O)C(=O)N(CCCOC)C2c2ccccn2)c1. The van der Waals surface area contributed by atoms with Gasteiger partial charge in [0.05, 0.1) is 17.9 Å². The number of benzene rings is 1. The lowest BCUT2D eigenvalue weighted by atomic mass is 9.98. The van der Waals surface area contributed by atoms with Crippen molar-refractivity contribution >= 4 is 17.4 Å². The van der Waals surface area contributed by atoms with Gasteiger partial charge < -0.3 is 19.5 Å². The highest BCUT2D eigenvalue weighted by molar-refractivity contribution is 6.46. The van der Waals surface area contributed by atoms with Crippen LogP contribution in [0.15, 0.2) is 54.2 Å². The standard InChI is InChI=1S/C23H26N2O5/c1-3-13-30-17-9-6-8-16(15-17)21(26)19-20(18-10-4-5-11-24-18)25(12-7-14-29-2)23(28)22(19)27/h4-6,8-11,15,20,26H,3,7,12-14H2,1-2H3/b21-19-. The Morgan fingerprint density at radius 2 is 2.00 bits per heavy atom. The number of carbonyl (C=O) groups is 2. The number of pyridine rings is 1. The third-order valence-corrected chi connectivity index (χ3v) is 4.84. The Morgan fingerprint density at radius 3 is 2.70 bits per heavy atom. The van der Waals surface area contributed by atoms with Crippen molar-refractivity contribution in [2.45, 2.75) is 25.8 Å². The van der Waals surface area contributed by atoms with Crippen LogP contribution in [0.1, 0.15) is 37.1 Å². The van der Waals surface area contributed by atoms with Gasteiger partial charge in [-0.3, -0.25) is 14.6 Å². The molecule has 1 atom stereocenters. The van der Waals surface area contributed by atoms with E-state index >= 15 is 0 Å². The summed E-state index contributed by atoms with van der Waals surface area (Å²) in [6.45, 7) is 3.31. The number of nitrogens with zero attached hydrogens (tertiary/aromatic N) is 2. The molecule has 1 fully saturated rings. The van der Waals surface area contributed by atoms with E-state index in [1.54, 1.807) is 55.8 Å². The number of aliphatic hydroxyl groups is 1. The summed E-state index contributed by atoms with van der Waals surface area (Å²) in [5, 5.41) is 11.1. The first-order valence-electron chi connectivity index (χ1n) is 10.00. The van der Waals surface area contributed by atoms with Gasteiger partial charge in [-0.25, -0.2) is 0 Å². The fourth-order valence-corrected chi connectivity index (χ4v) is 3.44. The lowest BCUT2D eigenvalue weighted by Gasteiger charge is -2.24. The molecule has 0 aliphatic carbocycles. The van der Waals surface area contributed by atoms with Crippen LogP contribution in [-0.4, -0.2) is 53.5 Å². The number of methoxy groups -OCH3 is 1. The van der Waals surface area contributed by atoms with E-state index in [-0.39, 0.29) is 11.3 Å². The van der Waals surface area contributed by atoms with E-state index in [4.69, 9.17) is 9.47 Å². The highest BCUT2D eigenvalue weighted by Gasteiger charge is 2.46. The van der Waals surface area contributed by atoms with Crippen LogP contribution in [0.3, 0.4) is 0 Å². The Labute approximate surface area is 175 Å². The highest BCUT2D eigenvalue weighted by Crippen LogP contribution is 2.38. The number of hydrogen-bond donors (Lipinski definition) is 1. The number of ether oxygens (including phenoxy) is 2. The van der Waals surface area contributed by atoms with Crippen LogP contribution in [0.25, 0.3) is 5.76 Å². The molecule has 3 rings (SSSR count). The first-order chi connectivity index (χ1) is 14.6. The molecule has 1 unspecified atom stereocenters. The van der Waals surface area contributed by atoms with Gasteiger partial charge in [-0.1, -0.05) is 25.1 Å². The van der Waals surface area contributed by atoms with Crippen molar-refractivity contribution in [1.29, 1.82) is 0 Å². The molecule has 1 aliphatic heterocycles. The molecule has 1 aromatic heterocycles. The number of hydrogen-bond acceptors (Lipinski definition) is 6. The monoisotopic (exact) mass is 410 g/mol. The maximum absolute atomic E-state index is 12.9. The normalized spacial score (nSPS) is 18.1. The zero-order chi connectivity index (χ0) is 21.5.